The molecule has 0 spiro atoms. The van der Waals surface area contributed by atoms with E-state index in [9.17, 15) is 4.79 Å². The summed E-state index contributed by atoms with van der Waals surface area (Å²) in [6, 6.07) is 11.4. The Bertz CT molecular complexity index is 480. The van der Waals surface area contributed by atoms with Gasteiger partial charge in [0, 0.05) is 6.54 Å². The largest absolute Gasteiger partial charge is 0.465 e. The number of nitriles is 1. The van der Waals surface area contributed by atoms with Gasteiger partial charge in [0.25, 0.3) is 0 Å². The molecule has 0 unspecified atom stereocenters. The van der Waals surface area contributed by atoms with E-state index in [0.717, 1.165) is 5.56 Å². The smallest absolute Gasteiger partial charge is 0.351 e. The maximum atomic E-state index is 11.2. The van der Waals surface area contributed by atoms with Crippen molar-refractivity contribution in [3.8, 4) is 6.07 Å². The maximum Gasteiger partial charge on any atom is 0.351 e. The molecule has 18 heavy (non-hydrogen) atoms. The Labute approximate surface area is 111 Å². The van der Waals surface area contributed by atoms with E-state index in [4.69, 9.17) is 5.26 Å². The molecule has 0 bridgehead atoms. The number of hydrogen-bond acceptors (Lipinski definition) is 6. The van der Waals surface area contributed by atoms with Gasteiger partial charge in [-0.2, -0.15) is 5.26 Å². The number of carbonyl (C=O) groups excluding carboxylic acids is 1. The van der Waals surface area contributed by atoms with Gasteiger partial charge in [-0.1, -0.05) is 30.3 Å². The lowest BCUT2D eigenvalue weighted by atomic mass is 10.2. The number of methoxy groups -OCH3 is 1. The van der Waals surface area contributed by atoms with E-state index < -0.39 is 5.97 Å². The Morgan fingerprint density at radius 1 is 1.44 bits per heavy atom. The minimum Gasteiger partial charge on any atom is -0.465 e. The molecule has 0 aliphatic carbocycles. The summed E-state index contributed by atoms with van der Waals surface area (Å²) in [5.41, 5.74) is 6.40. The fraction of sp³-hybridized carbons (Fsp3) is 0.167. The van der Waals surface area contributed by atoms with Crippen molar-refractivity contribution >= 4 is 18.6 Å². The zero-order chi connectivity index (χ0) is 13.4. The number of ether oxygens (including phenoxy) is 1. The number of esters is 1. The first-order valence-electron chi connectivity index (χ1n) is 5.13. The summed E-state index contributed by atoms with van der Waals surface area (Å²) in [6.07, 6.45) is 0. The van der Waals surface area contributed by atoms with Crippen LogP contribution in [-0.4, -0.2) is 13.1 Å². The van der Waals surface area contributed by atoms with Crippen LogP contribution in [0.1, 0.15) is 5.56 Å². The van der Waals surface area contributed by atoms with Gasteiger partial charge < -0.3 is 10.2 Å². The number of nitrogens with one attached hydrogen (secondary N) is 2. The molecule has 0 radical (unpaired) electrons. The predicted octanol–water partition coefficient (Wildman–Crippen LogP) is 1.12. The molecule has 0 saturated heterocycles. The molecule has 0 atom stereocenters. The molecule has 1 rings (SSSR count). The van der Waals surface area contributed by atoms with E-state index in [1.54, 1.807) is 6.07 Å². The molecule has 0 fully saturated rings. The van der Waals surface area contributed by atoms with Crippen molar-refractivity contribution in [3.63, 3.8) is 0 Å². The molecule has 0 amide bonds. The molecule has 1 aromatic rings. The van der Waals surface area contributed by atoms with E-state index >= 15 is 0 Å². The molecule has 0 saturated carbocycles. The molecule has 0 aliphatic heterocycles. The number of nitrogens with zero attached hydrogens (tertiary/aromatic N) is 1. The number of hydrogen-bond donors (Lipinski definition) is 3. The van der Waals surface area contributed by atoms with Crippen LogP contribution in [0.5, 0.6) is 0 Å². The Hall–Kier alpha value is -1.97. The van der Waals surface area contributed by atoms with Gasteiger partial charge in [0.2, 0.25) is 0 Å². The van der Waals surface area contributed by atoms with Gasteiger partial charge in [-0.15, -0.1) is 12.6 Å². The van der Waals surface area contributed by atoms with E-state index in [2.05, 4.69) is 28.2 Å². The van der Waals surface area contributed by atoms with Crippen LogP contribution in [-0.2, 0) is 16.1 Å². The summed E-state index contributed by atoms with van der Waals surface area (Å²) in [5, 5.41) is 8.91. The number of hydrazine groups is 1. The van der Waals surface area contributed by atoms with Gasteiger partial charge in [-0.05, 0) is 5.56 Å². The summed E-state index contributed by atoms with van der Waals surface area (Å²) in [7, 11) is 1.21. The highest BCUT2D eigenvalue weighted by atomic mass is 32.1. The third-order valence-electron chi connectivity index (χ3n) is 2.08. The summed E-state index contributed by atoms with van der Waals surface area (Å²) in [6.45, 7) is 0.533. The van der Waals surface area contributed by atoms with E-state index in [0.29, 0.717) is 6.54 Å². The SMILES string of the molecule is COC(=O)C(C#N)=C(S)NNCc1ccccc1. The van der Waals surface area contributed by atoms with E-state index in [-0.39, 0.29) is 10.6 Å². The Balaban J connectivity index is 2.55. The summed E-state index contributed by atoms with van der Waals surface area (Å²) in [5.74, 6) is -0.725. The predicted molar refractivity (Wildman–Crippen MR) is 70.1 cm³/mol. The Morgan fingerprint density at radius 3 is 2.67 bits per heavy atom. The monoisotopic (exact) mass is 263 g/mol. The van der Waals surface area contributed by atoms with Crippen LogP contribution in [0.2, 0.25) is 0 Å². The molecule has 0 aliphatic rings. The van der Waals surface area contributed by atoms with Gasteiger partial charge in [-0.25, -0.2) is 10.2 Å². The van der Waals surface area contributed by atoms with Crippen LogP contribution in [0.25, 0.3) is 0 Å². The maximum absolute atomic E-state index is 11.2. The highest BCUT2D eigenvalue weighted by Crippen LogP contribution is 2.06. The lowest BCUT2D eigenvalue weighted by Gasteiger charge is -2.09. The highest BCUT2D eigenvalue weighted by molar-refractivity contribution is 7.84. The standard InChI is InChI=1S/C12H13N3O2S/c1-17-12(16)10(7-13)11(18)15-14-8-9-5-3-2-4-6-9/h2-6,14-15,18H,8H2,1H3. The third-order valence-corrected chi connectivity index (χ3v) is 2.42. The average molecular weight is 263 g/mol. The molecule has 1 aromatic carbocycles. The number of carbonyl (C=O) groups is 1. The molecule has 0 heterocycles. The summed E-state index contributed by atoms with van der Waals surface area (Å²) >= 11 is 4.03. The number of thiol groups is 1. The molecular weight excluding hydrogens is 250 g/mol. The third kappa shape index (κ3) is 4.13. The van der Waals surface area contributed by atoms with E-state index in [1.807, 2.05) is 30.3 Å². The molecular formula is C12H13N3O2S. The van der Waals surface area contributed by atoms with Gasteiger partial charge in [0.05, 0.1) is 7.11 Å². The van der Waals surface area contributed by atoms with Crippen molar-refractivity contribution in [1.82, 2.24) is 10.9 Å². The van der Waals surface area contributed by atoms with Crippen molar-refractivity contribution in [2.75, 3.05) is 7.11 Å². The lowest BCUT2D eigenvalue weighted by molar-refractivity contribution is -0.135. The van der Waals surface area contributed by atoms with Crippen molar-refractivity contribution in [3.05, 3.63) is 46.5 Å². The molecule has 6 heteroatoms. The first-order valence-corrected chi connectivity index (χ1v) is 5.58. The van der Waals surface area contributed by atoms with Gasteiger partial charge in [0.15, 0.2) is 5.57 Å². The van der Waals surface area contributed by atoms with Crippen LogP contribution in [0.4, 0.5) is 0 Å². The summed E-state index contributed by atoms with van der Waals surface area (Å²) in [4.78, 5) is 11.2. The fourth-order valence-corrected chi connectivity index (χ4v) is 1.41. The lowest BCUT2D eigenvalue weighted by Crippen LogP contribution is -2.30. The first-order chi connectivity index (χ1) is 8.69. The molecule has 94 valence electrons. The topological polar surface area (TPSA) is 74.2 Å². The van der Waals surface area contributed by atoms with E-state index in [1.165, 1.54) is 7.11 Å². The second-order valence-corrected chi connectivity index (χ2v) is 3.74. The summed E-state index contributed by atoms with van der Waals surface area (Å²) < 4.78 is 4.45. The van der Waals surface area contributed by atoms with Crippen LogP contribution in [0.15, 0.2) is 40.9 Å². The van der Waals surface area contributed by atoms with Gasteiger partial charge >= 0.3 is 5.97 Å². The van der Waals surface area contributed by atoms with Crippen molar-refractivity contribution in [2.45, 2.75) is 6.54 Å². The highest BCUT2D eigenvalue weighted by Gasteiger charge is 2.13. The van der Waals surface area contributed by atoms with Crippen molar-refractivity contribution in [1.29, 1.82) is 5.26 Å². The Kier molecular flexibility index (Phi) is 5.77. The van der Waals surface area contributed by atoms with Crippen molar-refractivity contribution < 1.29 is 9.53 Å². The average Bonchev–Trinajstić information content (AvgIpc) is 2.40. The Morgan fingerprint density at radius 2 is 2.11 bits per heavy atom. The number of rotatable bonds is 5. The van der Waals surface area contributed by atoms with Crippen molar-refractivity contribution in [2.24, 2.45) is 0 Å². The molecule has 5 nitrogen and oxygen atoms in total. The fourth-order valence-electron chi connectivity index (χ4n) is 1.19. The van der Waals surface area contributed by atoms with Gasteiger partial charge in [-0.3, -0.25) is 0 Å². The van der Waals surface area contributed by atoms with Gasteiger partial charge in [0.1, 0.15) is 11.1 Å². The van der Waals surface area contributed by atoms with Crippen LogP contribution in [0, 0.1) is 11.3 Å². The second-order valence-electron chi connectivity index (χ2n) is 3.29. The van der Waals surface area contributed by atoms with Crippen LogP contribution < -0.4 is 10.9 Å². The normalized spacial score (nSPS) is 11.2. The van der Waals surface area contributed by atoms with Crippen LogP contribution in [0.3, 0.4) is 0 Å². The number of benzene rings is 1. The zero-order valence-corrected chi connectivity index (χ0v) is 10.7. The minimum atomic E-state index is -0.725. The first kappa shape index (κ1) is 14.1. The van der Waals surface area contributed by atoms with Crippen LogP contribution >= 0.6 is 12.6 Å². The minimum absolute atomic E-state index is 0.125. The second kappa shape index (κ2) is 7.37. The quantitative estimate of drug-likeness (QED) is 0.244. The zero-order valence-electron chi connectivity index (χ0n) is 9.80. The molecule has 2 N–H and O–H groups in total. The molecule has 0 aromatic heterocycles.